The van der Waals surface area contributed by atoms with E-state index in [2.05, 4.69) is 34.0 Å². The maximum atomic E-state index is 9.20. The Kier molecular flexibility index (Phi) is 3.78. The quantitative estimate of drug-likeness (QED) is 0.692. The Hall–Kier alpha value is -1.93. The third-order valence-corrected chi connectivity index (χ3v) is 6.10. The van der Waals surface area contributed by atoms with Crippen LogP contribution in [-0.2, 0) is 6.42 Å². The lowest BCUT2D eigenvalue weighted by Crippen LogP contribution is -2.19. The molecule has 5 heteroatoms. The van der Waals surface area contributed by atoms with Gasteiger partial charge in [0.25, 0.3) is 0 Å². The van der Waals surface area contributed by atoms with Gasteiger partial charge in [-0.25, -0.2) is 4.98 Å². The van der Waals surface area contributed by atoms with E-state index in [1.807, 2.05) is 6.20 Å². The zero-order valence-electron chi connectivity index (χ0n) is 13.3. The Morgan fingerprint density at radius 2 is 2.13 bits per heavy atom. The summed E-state index contributed by atoms with van der Waals surface area (Å²) in [6, 6.07) is 4.82. The number of rotatable bonds is 3. The van der Waals surface area contributed by atoms with Crippen LogP contribution in [0.3, 0.4) is 0 Å². The number of nitriles is 1. The molecule has 4 nitrogen and oxygen atoms in total. The molecule has 23 heavy (non-hydrogen) atoms. The average molecular weight is 324 g/mol. The highest BCUT2D eigenvalue weighted by Crippen LogP contribution is 2.38. The third-order valence-electron chi connectivity index (χ3n) is 5.19. The Balaban J connectivity index is 1.87. The second kappa shape index (κ2) is 5.93. The van der Waals surface area contributed by atoms with E-state index in [-0.39, 0.29) is 0 Å². The molecule has 0 N–H and O–H groups in total. The molecule has 118 valence electrons. The molecule has 4 rings (SSSR count). The van der Waals surface area contributed by atoms with Crippen LogP contribution in [0.25, 0.3) is 21.3 Å². The van der Waals surface area contributed by atoms with Crippen molar-refractivity contribution in [3.63, 3.8) is 0 Å². The van der Waals surface area contributed by atoms with Crippen molar-refractivity contribution in [3.8, 4) is 6.07 Å². The van der Waals surface area contributed by atoms with Crippen LogP contribution in [0.5, 0.6) is 0 Å². The topological polar surface area (TPSA) is 54.5 Å². The number of hydrogen-bond acceptors (Lipinski definition) is 4. The molecule has 0 amide bonds. The highest BCUT2D eigenvalue weighted by atomic mass is 32.1. The van der Waals surface area contributed by atoms with E-state index in [4.69, 9.17) is 4.98 Å². The van der Waals surface area contributed by atoms with E-state index < -0.39 is 0 Å². The van der Waals surface area contributed by atoms with Gasteiger partial charge < -0.3 is 4.57 Å². The minimum absolute atomic E-state index is 0.370. The second-order valence-corrected chi connectivity index (χ2v) is 7.36. The molecule has 0 saturated heterocycles. The summed E-state index contributed by atoms with van der Waals surface area (Å²) in [5.74, 6) is 1.77. The Labute approximate surface area is 139 Å². The predicted octanol–water partition coefficient (Wildman–Crippen LogP) is 4.85. The van der Waals surface area contributed by atoms with Gasteiger partial charge in [0.05, 0.1) is 34.4 Å². The number of pyridine rings is 1. The molecule has 1 fully saturated rings. The van der Waals surface area contributed by atoms with Gasteiger partial charge >= 0.3 is 0 Å². The van der Waals surface area contributed by atoms with Gasteiger partial charge in [0, 0.05) is 6.04 Å². The standard InChI is InChI=1S/C18H20N4S/c1-2-12-3-5-13(6-4-12)22-16(7-9-19)21-15-11-20-14-8-10-23-18(14)17(15)22/h8,10-13H,2-7H2,1H3. The summed E-state index contributed by atoms with van der Waals surface area (Å²) in [5, 5.41) is 11.3. The molecule has 0 spiro atoms. The van der Waals surface area contributed by atoms with Gasteiger partial charge in [-0.05, 0) is 43.0 Å². The summed E-state index contributed by atoms with van der Waals surface area (Å²) >= 11 is 1.73. The number of hydrogen-bond donors (Lipinski definition) is 0. The van der Waals surface area contributed by atoms with Crippen molar-refractivity contribution in [2.24, 2.45) is 5.92 Å². The maximum absolute atomic E-state index is 9.20. The summed E-state index contributed by atoms with van der Waals surface area (Å²) in [7, 11) is 0. The van der Waals surface area contributed by atoms with E-state index in [9.17, 15) is 5.26 Å². The Bertz CT molecular complexity index is 878. The number of nitrogens with zero attached hydrogens (tertiary/aromatic N) is 4. The molecule has 0 atom stereocenters. The first-order valence-corrected chi connectivity index (χ1v) is 9.29. The van der Waals surface area contributed by atoms with Gasteiger partial charge in [0.1, 0.15) is 11.3 Å². The molecule has 1 saturated carbocycles. The van der Waals surface area contributed by atoms with Crippen molar-refractivity contribution >= 4 is 32.6 Å². The van der Waals surface area contributed by atoms with E-state index in [0.29, 0.717) is 12.5 Å². The normalized spacial score (nSPS) is 21.7. The molecule has 0 aromatic carbocycles. The van der Waals surface area contributed by atoms with Gasteiger partial charge in [0.15, 0.2) is 0 Å². The number of imidazole rings is 1. The average Bonchev–Trinajstić information content (AvgIpc) is 3.18. The fourth-order valence-corrected chi connectivity index (χ4v) is 4.82. The fraction of sp³-hybridized carbons (Fsp3) is 0.500. The smallest absolute Gasteiger partial charge is 0.124 e. The number of thiophene rings is 1. The molecule has 3 heterocycles. The van der Waals surface area contributed by atoms with E-state index in [1.165, 1.54) is 42.3 Å². The number of fused-ring (bicyclic) bond motifs is 3. The number of aromatic nitrogens is 3. The molecule has 1 aliphatic rings. The first-order valence-electron chi connectivity index (χ1n) is 8.41. The molecular formula is C18H20N4S. The van der Waals surface area contributed by atoms with E-state index >= 15 is 0 Å². The summed E-state index contributed by atoms with van der Waals surface area (Å²) in [6.07, 6.45) is 8.46. The highest BCUT2D eigenvalue weighted by molar-refractivity contribution is 7.18. The molecule has 0 unspecified atom stereocenters. The van der Waals surface area contributed by atoms with Crippen LogP contribution >= 0.6 is 11.3 Å². The van der Waals surface area contributed by atoms with Gasteiger partial charge in [-0.1, -0.05) is 13.3 Å². The van der Waals surface area contributed by atoms with Gasteiger partial charge in [0.2, 0.25) is 0 Å². The lowest BCUT2D eigenvalue weighted by Gasteiger charge is -2.30. The zero-order valence-corrected chi connectivity index (χ0v) is 14.1. The fourth-order valence-electron chi connectivity index (χ4n) is 3.93. The van der Waals surface area contributed by atoms with Crippen LogP contribution < -0.4 is 0 Å². The monoisotopic (exact) mass is 324 g/mol. The lowest BCUT2D eigenvalue weighted by atomic mass is 9.84. The first-order chi connectivity index (χ1) is 11.3. The molecular weight excluding hydrogens is 304 g/mol. The molecule has 1 aliphatic carbocycles. The van der Waals surface area contributed by atoms with Crippen molar-refractivity contribution in [2.45, 2.75) is 51.5 Å². The van der Waals surface area contributed by atoms with Gasteiger partial charge in [-0.2, -0.15) is 5.26 Å². The van der Waals surface area contributed by atoms with E-state index in [0.717, 1.165) is 22.8 Å². The summed E-state index contributed by atoms with van der Waals surface area (Å²) < 4.78 is 3.57. The van der Waals surface area contributed by atoms with Crippen molar-refractivity contribution in [2.75, 3.05) is 0 Å². The van der Waals surface area contributed by atoms with E-state index in [1.54, 1.807) is 11.3 Å². The van der Waals surface area contributed by atoms with Crippen LogP contribution in [0.2, 0.25) is 0 Å². The summed E-state index contributed by atoms with van der Waals surface area (Å²) in [4.78, 5) is 9.24. The Morgan fingerprint density at radius 3 is 2.87 bits per heavy atom. The van der Waals surface area contributed by atoms with Crippen LogP contribution in [0, 0.1) is 17.2 Å². The van der Waals surface area contributed by atoms with Crippen LogP contribution in [0.4, 0.5) is 0 Å². The van der Waals surface area contributed by atoms with Crippen molar-refractivity contribution in [1.29, 1.82) is 5.26 Å². The van der Waals surface area contributed by atoms with Gasteiger partial charge in [-0.3, -0.25) is 4.98 Å². The minimum Gasteiger partial charge on any atom is -0.323 e. The molecule has 0 bridgehead atoms. The molecule has 3 aromatic rings. The summed E-state index contributed by atoms with van der Waals surface area (Å²) in [5.41, 5.74) is 3.16. The van der Waals surface area contributed by atoms with Crippen molar-refractivity contribution < 1.29 is 0 Å². The Morgan fingerprint density at radius 1 is 1.30 bits per heavy atom. The third kappa shape index (κ3) is 2.42. The molecule has 0 radical (unpaired) electrons. The molecule has 3 aromatic heterocycles. The first kappa shape index (κ1) is 14.6. The summed E-state index contributed by atoms with van der Waals surface area (Å²) in [6.45, 7) is 2.29. The van der Waals surface area contributed by atoms with Crippen molar-refractivity contribution in [3.05, 3.63) is 23.5 Å². The predicted molar refractivity (Wildman–Crippen MR) is 93.5 cm³/mol. The SMILES string of the molecule is CCC1CCC(n2c(CC#N)nc3cnc4ccsc4c32)CC1. The van der Waals surface area contributed by atoms with Crippen molar-refractivity contribution in [1.82, 2.24) is 14.5 Å². The highest BCUT2D eigenvalue weighted by Gasteiger charge is 2.26. The lowest BCUT2D eigenvalue weighted by molar-refractivity contribution is 0.270. The van der Waals surface area contributed by atoms with Crippen LogP contribution in [0.1, 0.15) is 50.9 Å². The largest absolute Gasteiger partial charge is 0.323 e. The van der Waals surface area contributed by atoms with Gasteiger partial charge in [-0.15, -0.1) is 11.3 Å². The second-order valence-electron chi connectivity index (χ2n) is 6.44. The molecule has 0 aliphatic heterocycles. The maximum Gasteiger partial charge on any atom is 0.124 e. The van der Waals surface area contributed by atoms with Crippen LogP contribution in [0.15, 0.2) is 17.6 Å². The zero-order chi connectivity index (χ0) is 15.8. The van der Waals surface area contributed by atoms with Crippen LogP contribution in [-0.4, -0.2) is 14.5 Å². The minimum atomic E-state index is 0.370.